The lowest BCUT2D eigenvalue weighted by atomic mass is 10.0. The van der Waals surface area contributed by atoms with Crippen molar-refractivity contribution < 1.29 is 9.22 Å². The van der Waals surface area contributed by atoms with E-state index in [1.807, 2.05) is 0 Å². The fraction of sp³-hybridized carbons (Fsp3) is 0.345. The number of ketones is 1. The maximum atomic E-state index is 11.9. The fourth-order valence-electron chi connectivity index (χ4n) is 5.14. The molecule has 1 atom stereocenters. The third-order valence-electron chi connectivity index (χ3n) is 6.86. The molecule has 172 valence electrons. The molecule has 3 aromatic rings. The van der Waals surface area contributed by atoms with E-state index in [1.54, 1.807) is 0 Å². The van der Waals surface area contributed by atoms with Gasteiger partial charge in [0, 0.05) is 25.9 Å². The van der Waals surface area contributed by atoms with Crippen LogP contribution in [-0.2, 0) is 9.22 Å². The van der Waals surface area contributed by atoms with Gasteiger partial charge in [-0.3, -0.25) is 9.69 Å². The van der Waals surface area contributed by atoms with Gasteiger partial charge in [-0.05, 0) is 21.0 Å². The zero-order valence-corrected chi connectivity index (χ0v) is 21.0. The average molecular weight is 458 g/mol. The summed E-state index contributed by atoms with van der Waals surface area (Å²) >= 11 is 0. The van der Waals surface area contributed by atoms with Gasteiger partial charge in [-0.1, -0.05) is 112 Å². The predicted molar refractivity (Wildman–Crippen MR) is 139 cm³/mol. The molecule has 4 rings (SSSR count). The zero-order chi connectivity index (χ0) is 23.3. The van der Waals surface area contributed by atoms with Crippen molar-refractivity contribution in [3.05, 3.63) is 96.6 Å². The van der Waals surface area contributed by atoms with Gasteiger partial charge in [-0.15, -0.1) is 0 Å². The predicted octanol–water partition coefficient (Wildman–Crippen LogP) is 4.97. The Labute approximate surface area is 199 Å². The van der Waals surface area contributed by atoms with Crippen molar-refractivity contribution in [3.63, 3.8) is 0 Å². The van der Waals surface area contributed by atoms with Crippen molar-refractivity contribution in [3.8, 4) is 0 Å². The Kier molecular flexibility index (Phi) is 7.28. The van der Waals surface area contributed by atoms with Crippen molar-refractivity contribution in [2.45, 2.75) is 44.7 Å². The number of Topliss-reactive ketones (excluding diaryl/α,β-unsaturated/α-hetero) is 1. The smallest absolute Gasteiger partial charge is 0.261 e. The van der Waals surface area contributed by atoms with Crippen molar-refractivity contribution >= 4 is 24.5 Å². The molecule has 1 fully saturated rings. The second kappa shape index (κ2) is 10.2. The number of carbonyl (C=O) groups excluding carboxylic acids is 1. The molecule has 1 aliphatic heterocycles. The molecule has 0 spiro atoms. The van der Waals surface area contributed by atoms with E-state index in [2.05, 4.69) is 117 Å². The lowest BCUT2D eigenvalue weighted by molar-refractivity contribution is -0.122. The van der Waals surface area contributed by atoms with Crippen molar-refractivity contribution in [1.29, 1.82) is 0 Å². The van der Waals surface area contributed by atoms with E-state index in [1.165, 1.54) is 15.9 Å². The molecule has 3 aromatic carbocycles. The van der Waals surface area contributed by atoms with Crippen LogP contribution in [0.1, 0.15) is 45.2 Å². The Bertz CT molecular complexity index is 982. The van der Waals surface area contributed by atoms with Crippen LogP contribution in [0.5, 0.6) is 0 Å². The first-order valence-corrected chi connectivity index (χ1v) is 13.9. The van der Waals surface area contributed by atoms with Crippen LogP contribution in [0.2, 0.25) is 5.04 Å². The summed E-state index contributed by atoms with van der Waals surface area (Å²) in [4.78, 5) is 14.4. The van der Waals surface area contributed by atoms with Crippen LogP contribution >= 0.6 is 0 Å². The van der Waals surface area contributed by atoms with Gasteiger partial charge in [0.2, 0.25) is 0 Å². The number of likely N-dealkylation sites (tertiary alicyclic amines) is 1. The van der Waals surface area contributed by atoms with Gasteiger partial charge in [0.15, 0.2) is 0 Å². The first kappa shape index (κ1) is 23.6. The monoisotopic (exact) mass is 457 g/mol. The summed E-state index contributed by atoms with van der Waals surface area (Å²) in [6, 6.07) is 32.4. The Morgan fingerprint density at radius 1 is 0.788 bits per heavy atom. The largest absolute Gasteiger partial charge is 0.405 e. The van der Waals surface area contributed by atoms with Gasteiger partial charge < -0.3 is 4.43 Å². The molecule has 1 aliphatic rings. The number of benzene rings is 3. The number of piperidine rings is 1. The first-order valence-electron chi connectivity index (χ1n) is 12.0. The standard InChI is InChI=1S/C29H35NO2Si/c1-29(2,3)33(26-15-9-5-10-16-26,27-17-11-6-12-18-27)32-23-28(24-13-7-4-8-14-24)30-21-19-25(31)20-22-30/h4-18,28H,19-23H2,1-3H3/t28-/m0/s1. The van der Waals surface area contributed by atoms with Gasteiger partial charge in [0.25, 0.3) is 8.32 Å². The van der Waals surface area contributed by atoms with Gasteiger partial charge in [-0.2, -0.15) is 0 Å². The van der Waals surface area contributed by atoms with Crippen molar-refractivity contribution in [2.75, 3.05) is 19.7 Å². The van der Waals surface area contributed by atoms with E-state index in [9.17, 15) is 4.79 Å². The molecule has 1 saturated heterocycles. The lowest BCUT2D eigenvalue weighted by Gasteiger charge is -2.45. The molecule has 0 N–H and O–H groups in total. The normalized spacial score (nSPS) is 16.5. The molecule has 0 amide bonds. The number of nitrogens with zero attached hydrogens (tertiary/aromatic N) is 1. The van der Waals surface area contributed by atoms with Gasteiger partial charge >= 0.3 is 0 Å². The molecule has 0 unspecified atom stereocenters. The minimum Gasteiger partial charge on any atom is -0.405 e. The van der Waals surface area contributed by atoms with Crippen LogP contribution in [0.3, 0.4) is 0 Å². The highest BCUT2D eigenvalue weighted by Crippen LogP contribution is 2.38. The minimum atomic E-state index is -2.62. The molecular formula is C29H35NO2Si. The maximum Gasteiger partial charge on any atom is 0.261 e. The highest BCUT2D eigenvalue weighted by Gasteiger charge is 2.50. The third-order valence-corrected chi connectivity index (χ3v) is 11.9. The van der Waals surface area contributed by atoms with Crippen LogP contribution in [0.25, 0.3) is 0 Å². The number of carbonyl (C=O) groups is 1. The lowest BCUT2D eigenvalue weighted by Crippen LogP contribution is -2.67. The highest BCUT2D eigenvalue weighted by atomic mass is 28.4. The van der Waals surface area contributed by atoms with Gasteiger partial charge in [0.05, 0.1) is 12.6 Å². The summed E-state index contributed by atoms with van der Waals surface area (Å²) in [6.07, 6.45) is 1.26. The Morgan fingerprint density at radius 3 is 1.70 bits per heavy atom. The summed E-state index contributed by atoms with van der Waals surface area (Å²) in [7, 11) is -2.62. The molecule has 0 aromatic heterocycles. The maximum absolute atomic E-state index is 11.9. The minimum absolute atomic E-state index is 0.0607. The first-order chi connectivity index (χ1) is 15.9. The van der Waals surface area contributed by atoms with E-state index in [0.717, 1.165) is 13.1 Å². The van der Waals surface area contributed by atoms with Crippen molar-refractivity contribution in [2.24, 2.45) is 0 Å². The van der Waals surface area contributed by atoms with Crippen molar-refractivity contribution in [1.82, 2.24) is 4.90 Å². The highest BCUT2D eigenvalue weighted by molar-refractivity contribution is 6.99. The SMILES string of the molecule is CC(C)(C)[Si](OC[C@@H](c1ccccc1)N1CCC(=O)CC1)(c1ccccc1)c1ccccc1. The summed E-state index contributed by atoms with van der Waals surface area (Å²) in [5, 5.41) is 2.53. The van der Waals surface area contributed by atoms with Gasteiger partial charge in [-0.25, -0.2) is 0 Å². The van der Waals surface area contributed by atoms with E-state index in [4.69, 9.17) is 4.43 Å². The molecule has 33 heavy (non-hydrogen) atoms. The average Bonchev–Trinajstić information content (AvgIpc) is 2.84. The number of hydrogen-bond acceptors (Lipinski definition) is 3. The van der Waals surface area contributed by atoms with E-state index < -0.39 is 8.32 Å². The molecule has 3 nitrogen and oxygen atoms in total. The Hall–Kier alpha value is -2.53. The molecule has 1 heterocycles. The van der Waals surface area contributed by atoms with E-state index in [-0.39, 0.29) is 11.1 Å². The number of hydrogen-bond donors (Lipinski definition) is 0. The summed E-state index contributed by atoms with van der Waals surface area (Å²) in [5.74, 6) is 0.367. The van der Waals surface area contributed by atoms with Crippen LogP contribution in [0.15, 0.2) is 91.0 Å². The molecule has 0 bridgehead atoms. The second-order valence-corrected chi connectivity index (χ2v) is 14.3. The van der Waals surface area contributed by atoms with E-state index in [0.29, 0.717) is 25.2 Å². The Morgan fingerprint density at radius 2 is 1.24 bits per heavy atom. The number of rotatable bonds is 7. The topological polar surface area (TPSA) is 29.5 Å². The molecule has 0 radical (unpaired) electrons. The summed E-state index contributed by atoms with van der Waals surface area (Å²) in [5.41, 5.74) is 1.25. The fourth-order valence-corrected chi connectivity index (χ4v) is 9.70. The Balaban J connectivity index is 1.75. The van der Waals surface area contributed by atoms with E-state index >= 15 is 0 Å². The molecule has 0 aliphatic carbocycles. The van der Waals surface area contributed by atoms with Gasteiger partial charge in [0.1, 0.15) is 5.78 Å². The molecule has 4 heteroatoms. The van der Waals surface area contributed by atoms with Crippen LogP contribution in [0.4, 0.5) is 0 Å². The quantitative estimate of drug-likeness (QED) is 0.469. The molecular weight excluding hydrogens is 422 g/mol. The summed E-state index contributed by atoms with van der Waals surface area (Å²) < 4.78 is 7.28. The zero-order valence-electron chi connectivity index (χ0n) is 20.0. The van der Waals surface area contributed by atoms with Crippen LogP contribution in [-0.4, -0.2) is 38.7 Å². The van der Waals surface area contributed by atoms with Crippen LogP contribution < -0.4 is 10.4 Å². The third kappa shape index (κ3) is 5.03. The summed E-state index contributed by atoms with van der Waals surface area (Å²) in [6.45, 7) is 9.14. The molecule has 0 saturated carbocycles. The second-order valence-electron chi connectivity index (χ2n) is 9.98. The van der Waals surface area contributed by atoms with Crippen LogP contribution in [0, 0.1) is 0 Å².